The number of aliphatic hydroxyl groups is 6. The average molecular weight is 595 g/mol. The summed E-state index contributed by atoms with van der Waals surface area (Å²) < 4.78 is 33.9. The molecule has 2 fully saturated rings. The van der Waals surface area contributed by atoms with E-state index in [-0.39, 0.29) is 29.3 Å². The van der Waals surface area contributed by atoms with Crippen LogP contribution in [0, 0.1) is 0 Å². The van der Waals surface area contributed by atoms with E-state index in [1.807, 2.05) is 0 Å². The summed E-state index contributed by atoms with van der Waals surface area (Å²) in [5.74, 6) is -0.244. The van der Waals surface area contributed by atoms with E-state index in [2.05, 4.69) is 0 Å². The number of hydrogen-bond donors (Lipinski definition) is 7. The third kappa shape index (κ3) is 5.77. The molecule has 2 saturated heterocycles. The number of rotatable bonds is 7. The molecule has 0 saturated carbocycles. The number of methoxy groups -OCH3 is 1. The zero-order chi connectivity index (χ0) is 30.3. The molecule has 3 aliphatic rings. The Hall–Kier alpha value is -3.05. The lowest BCUT2D eigenvalue weighted by atomic mass is 9.95. The quantitative estimate of drug-likeness (QED) is 0.208. The number of Topliss-reactive ketones (excluding diaryl/α,β-unsaturated/α-hetero) is 1. The van der Waals surface area contributed by atoms with Crippen molar-refractivity contribution in [3.8, 4) is 23.0 Å². The summed E-state index contributed by atoms with van der Waals surface area (Å²) in [4.78, 5) is 12.9. The zero-order valence-corrected chi connectivity index (χ0v) is 22.7. The number of carbonyl (C=O) groups is 1. The van der Waals surface area contributed by atoms with Crippen LogP contribution in [0.5, 0.6) is 23.0 Å². The lowest BCUT2D eigenvalue weighted by Gasteiger charge is -2.45. The molecule has 3 aliphatic heterocycles. The molecule has 1 unspecified atom stereocenters. The largest absolute Gasteiger partial charge is 0.507 e. The van der Waals surface area contributed by atoms with Crippen molar-refractivity contribution >= 4 is 5.78 Å². The van der Waals surface area contributed by atoms with Crippen molar-refractivity contribution < 1.29 is 69.0 Å². The predicted octanol–water partition coefficient (Wildman–Crippen LogP) is -0.862. The van der Waals surface area contributed by atoms with Gasteiger partial charge in [-0.15, -0.1) is 0 Å². The van der Waals surface area contributed by atoms with Crippen LogP contribution >= 0.6 is 0 Å². The SMILES string of the molecule is COc1ccc([C@@H]2CC(=O)c3c(O)cc(O[C@@H]4O[C@@H](CO)[C@@H](O)[C@H](O)[C@@H]4O[C@@H]4O[C@@H](C)[C@H](O)C(O)[C@H]4O)cc3O2)cc1. The van der Waals surface area contributed by atoms with Gasteiger partial charge >= 0.3 is 0 Å². The highest BCUT2D eigenvalue weighted by Crippen LogP contribution is 2.43. The Morgan fingerprint density at radius 2 is 1.60 bits per heavy atom. The van der Waals surface area contributed by atoms with Gasteiger partial charge in [0.1, 0.15) is 71.3 Å². The van der Waals surface area contributed by atoms with Crippen molar-refractivity contribution in [3.05, 3.63) is 47.5 Å². The smallest absolute Gasteiger partial charge is 0.229 e. The van der Waals surface area contributed by atoms with E-state index in [0.717, 1.165) is 6.07 Å². The fourth-order valence-electron chi connectivity index (χ4n) is 5.20. The van der Waals surface area contributed by atoms with E-state index in [1.165, 1.54) is 20.1 Å². The van der Waals surface area contributed by atoms with Crippen molar-refractivity contribution in [1.82, 2.24) is 0 Å². The number of carbonyl (C=O) groups excluding carboxylic acids is 1. The first-order valence-corrected chi connectivity index (χ1v) is 13.4. The van der Waals surface area contributed by atoms with E-state index >= 15 is 0 Å². The Morgan fingerprint density at radius 3 is 2.26 bits per heavy atom. The minimum Gasteiger partial charge on any atom is -0.507 e. The summed E-state index contributed by atoms with van der Waals surface area (Å²) in [5, 5.41) is 72.3. The first kappa shape index (κ1) is 30.4. The van der Waals surface area contributed by atoms with E-state index in [9.17, 15) is 40.5 Å². The summed E-state index contributed by atoms with van der Waals surface area (Å²) in [6, 6.07) is 9.42. The van der Waals surface area contributed by atoms with Crippen LogP contribution in [0.25, 0.3) is 0 Å². The minimum atomic E-state index is -1.74. The number of hydrogen-bond acceptors (Lipinski definition) is 14. The molecule has 3 heterocycles. The van der Waals surface area contributed by atoms with Crippen LogP contribution < -0.4 is 14.2 Å². The second kappa shape index (κ2) is 12.3. The second-order valence-corrected chi connectivity index (χ2v) is 10.4. The van der Waals surface area contributed by atoms with Gasteiger partial charge in [-0.3, -0.25) is 4.79 Å². The number of ether oxygens (including phenoxy) is 6. The van der Waals surface area contributed by atoms with Gasteiger partial charge in [0, 0.05) is 12.1 Å². The lowest BCUT2D eigenvalue weighted by molar-refractivity contribution is -0.354. The van der Waals surface area contributed by atoms with Gasteiger partial charge < -0.3 is 64.2 Å². The maximum Gasteiger partial charge on any atom is 0.229 e. The Bertz CT molecular complexity index is 1250. The van der Waals surface area contributed by atoms with Gasteiger partial charge in [0.15, 0.2) is 18.2 Å². The number of benzene rings is 2. The molecule has 2 aromatic rings. The van der Waals surface area contributed by atoms with Crippen molar-refractivity contribution in [2.45, 2.75) is 80.9 Å². The first-order chi connectivity index (χ1) is 20.0. The summed E-state index contributed by atoms with van der Waals surface area (Å²) in [6.07, 6.45) is -15.8. The molecular formula is C28H34O14. The molecule has 5 rings (SSSR count). The molecule has 0 amide bonds. The number of ketones is 1. The predicted molar refractivity (Wildman–Crippen MR) is 139 cm³/mol. The van der Waals surface area contributed by atoms with Gasteiger partial charge in [-0.1, -0.05) is 12.1 Å². The summed E-state index contributed by atoms with van der Waals surface area (Å²) >= 11 is 0. The van der Waals surface area contributed by atoms with Crippen LogP contribution in [0.4, 0.5) is 0 Å². The van der Waals surface area contributed by atoms with Crippen LogP contribution in [-0.2, 0) is 14.2 Å². The lowest BCUT2D eigenvalue weighted by Crippen LogP contribution is -2.64. The summed E-state index contributed by atoms with van der Waals surface area (Å²) in [7, 11) is 1.53. The molecule has 0 spiro atoms. The maximum atomic E-state index is 12.9. The number of aliphatic hydroxyl groups excluding tert-OH is 6. The topological polar surface area (TPSA) is 214 Å². The zero-order valence-electron chi connectivity index (χ0n) is 22.7. The molecule has 7 N–H and O–H groups in total. The number of fused-ring (bicyclic) bond motifs is 1. The Balaban J connectivity index is 1.40. The average Bonchev–Trinajstić information content (AvgIpc) is 2.97. The van der Waals surface area contributed by atoms with Crippen molar-refractivity contribution in [2.24, 2.45) is 0 Å². The van der Waals surface area contributed by atoms with Gasteiger partial charge in [0.05, 0.1) is 26.2 Å². The van der Waals surface area contributed by atoms with Crippen LogP contribution in [0.3, 0.4) is 0 Å². The Labute approximate surface area is 240 Å². The summed E-state index contributed by atoms with van der Waals surface area (Å²) in [6.45, 7) is 0.733. The number of phenols is 1. The van der Waals surface area contributed by atoms with Crippen LogP contribution in [-0.4, -0.2) is 117 Å². The molecule has 0 radical (unpaired) electrons. The molecule has 230 valence electrons. The highest BCUT2D eigenvalue weighted by atomic mass is 16.8. The van der Waals surface area contributed by atoms with Crippen LogP contribution in [0.15, 0.2) is 36.4 Å². The van der Waals surface area contributed by atoms with Crippen molar-refractivity contribution in [3.63, 3.8) is 0 Å². The first-order valence-electron chi connectivity index (χ1n) is 13.4. The second-order valence-electron chi connectivity index (χ2n) is 10.4. The van der Waals surface area contributed by atoms with Gasteiger partial charge in [-0.25, -0.2) is 0 Å². The highest BCUT2D eigenvalue weighted by molar-refractivity contribution is 6.02. The maximum absolute atomic E-state index is 12.9. The summed E-state index contributed by atoms with van der Waals surface area (Å²) in [5.41, 5.74) is 0.647. The van der Waals surface area contributed by atoms with Gasteiger partial charge in [0.2, 0.25) is 6.29 Å². The standard InChI is InChI=1S/C28H34O14/c1-11-21(32)23(34)25(36)27(38-11)42-26-24(35)22(33)19(10-29)41-28(26)39-14-7-15(30)20-16(31)9-17(40-18(20)8-14)12-3-5-13(37-2)6-4-12/h3-8,11,17,19,21-30,32-36H,9-10H2,1-2H3/t11-,17-,19-,21-,22+,23?,24-,25+,26-,27-,28+/m0/s1. The highest BCUT2D eigenvalue weighted by Gasteiger charge is 2.51. The van der Waals surface area contributed by atoms with E-state index in [0.29, 0.717) is 11.3 Å². The fourth-order valence-corrected chi connectivity index (χ4v) is 5.20. The molecule has 14 heteroatoms. The molecule has 14 nitrogen and oxygen atoms in total. The number of phenolic OH excluding ortho intramolecular Hbond substituents is 1. The Kier molecular flexibility index (Phi) is 8.89. The molecule has 42 heavy (non-hydrogen) atoms. The Morgan fingerprint density at radius 1 is 0.881 bits per heavy atom. The monoisotopic (exact) mass is 594 g/mol. The van der Waals surface area contributed by atoms with Crippen LogP contribution in [0.1, 0.15) is 35.4 Å². The molecule has 0 aromatic heterocycles. The molecule has 0 aliphatic carbocycles. The third-order valence-corrected chi connectivity index (χ3v) is 7.64. The molecule has 2 aromatic carbocycles. The van der Waals surface area contributed by atoms with Crippen molar-refractivity contribution in [2.75, 3.05) is 13.7 Å². The fraction of sp³-hybridized carbons (Fsp3) is 0.536. The van der Waals surface area contributed by atoms with Gasteiger partial charge in [0.25, 0.3) is 0 Å². The van der Waals surface area contributed by atoms with Gasteiger partial charge in [-0.05, 0) is 24.6 Å². The molecule has 11 atom stereocenters. The van der Waals surface area contributed by atoms with E-state index in [4.69, 9.17) is 28.4 Å². The third-order valence-electron chi connectivity index (χ3n) is 7.64. The molecular weight excluding hydrogens is 560 g/mol. The molecule has 0 bridgehead atoms. The van der Waals surface area contributed by atoms with Crippen LogP contribution in [0.2, 0.25) is 0 Å². The number of aromatic hydroxyl groups is 1. The normalized spacial score (nSPS) is 36.6. The minimum absolute atomic E-state index is 0.0200. The van der Waals surface area contributed by atoms with Gasteiger partial charge in [-0.2, -0.15) is 0 Å². The van der Waals surface area contributed by atoms with E-state index < -0.39 is 79.9 Å². The van der Waals surface area contributed by atoms with E-state index in [1.54, 1.807) is 24.3 Å². The van der Waals surface area contributed by atoms with Crippen molar-refractivity contribution in [1.29, 1.82) is 0 Å².